The molecule has 2 unspecified atom stereocenters. The number of aromatic nitrogens is 2. The van der Waals surface area contributed by atoms with E-state index < -0.39 is 0 Å². The van der Waals surface area contributed by atoms with Crippen molar-refractivity contribution in [1.29, 1.82) is 0 Å². The van der Waals surface area contributed by atoms with E-state index in [1.165, 1.54) is 17.0 Å². The molecule has 0 spiro atoms. The minimum absolute atomic E-state index is 0.266. The van der Waals surface area contributed by atoms with E-state index in [1.807, 2.05) is 12.3 Å². The van der Waals surface area contributed by atoms with Crippen molar-refractivity contribution in [3.8, 4) is 0 Å². The quantitative estimate of drug-likeness (QED) is 0.896. The van der Waals surface area contributed by atoms with Gasteiger partial charge >= 0.3 is 0 Å². The van der Waals surface area contributed by atoms with E-state index in [4.69, 9.17) is 0 Å². The molecule has 1 aliphatic carbocycles. The Bertz CT molecular complexity index is 574. The summed E-state index contributed by atoms with van der Waals surface area (Å²) in [6.45, 7) is 4.32. The smallest absolute Gasteiger partial charge is 0.0807 e. The Morgan fingerprint density at radius 2 is 2.32 bits per heavy atom. The summed E-state index contributed by atoms with van der Waals surface area (Å²) in [6, 6.07) is 6.50. The normalized spacial score (nSPS) is 20.1. The molecular formula is C16H20N2O. The first-order chi connectivity index (χ1) is 9.18. The molecule has 2 heterocycles. The lowest BCUT2D eigenvalue weighted by atomic mass is 9.95. The highest BCUT2D eigenvalue weighted by Gasteiger charge is 2.25. The molecule has 3 heteroatoms. The van der Waals surface area contributed by atoms with Gasteiger partial charge in [0, 0.05) is 29.3 Å². The van der Waals surface area contributed by atoms with Gasteiger partial charge in [-0.05, 0) is 50.8 Å². The predicted octanol–water partition coefficient (Wildman–Crippen LogP) is 3.17. The summed E-state index contributed by atoms with van der Waals surface area (Å²) in [5.74, 6) is 0. The summed E-state index contributed by atoms with van der Waals surface area (Å²) in [5, 5.41) is 10.1. The Hall–Kier alpha value is -1.61. The SMILES string of the molecule is Cc1cc2c(n1C(C)c1cccnc1)CCCC2O. The van der Waals surface area contributed by atoms with E-state index in [1.54, 1.807) is 6.20 Å². The fourth-order valence-electron chi connectivity index (χ4n) is 3.21. The fraction of sp³-hybridized carbons (Fsp3) is 0.438. The van der Waals surface area contributed by atoms with Gasteiger partial charge in [-0.3, -0.25) is 4.98 Å². The number of pyridine rings is 1. The molecule has 1 aliphatic rings. The van der Waals surface area contributed by atoms with Crippen LogP contribution in [-0.2, 0) is 6.42 Å². The Labute approximate surface area is 113 Å². The van der Waals surface area contributed by atoms with Crippen LogP contribution in [0.4, 0.5) is 0 Å². The van der Waals surface area contributed by atoms with Crippen molar-refractivity contribution < 1.29 is 5.11 Å². The Balaban J connectivity index is 2.06. The van der Waals surface area contributed by atoms with Gasteiger partial charge in [0.2, 0.25) is 0 Å². The zero-order valence-electron chi connectivity index (χ0n) is 11.5. The second-order valence-corrected chi connectivity index (χ2v) is 5.43. The summed E-state index contributed by atoms with van der Waals surface area (Å²) in [7, 11) is 0. The third kappa shape index (κ3) is 2.08. The molecule has 0 saturated carbocycles. The number of nitrogens with zero attached hydrogens (tertiary/aromatic N) is 2. The predicted molar refractivity (Wildman–Crippen MR) is 75.1 cm³/mol. The molecule has 2 aromatic rings. The monoisotopic (exact) mass is 256 g/mol. The number of fused-ring (bicyclic) bond motifs is 1. The van der Waals surface area contributed by atoms with Crippen LogP contribution in [0.3, 0.4) is 0 Å². The van der Waals surface area contributed by atoms with Crippen LogP contribution in [0.1, 0.15) is 54.4 Å². The molecule has 1 N–H and O–H groups in total. The van der Waals surface area contributed by atoms with Gasteiger partial charge in [0.25, 0.3) is 0 Å². The van der Waals surface area contributed by atoms with Crippen LogP contribution in [0, 0.1) is 6.92 Å². The van der Waals surface area contributed by atoms with Crippen LogP contribution in [0.5, 0.6) is 0 Å². The standard InChI is InChI=1S/C16H20N2O/c1-11-9-14-15(6-3-7-16(14)19)18(11)12(2)13-5-4-8-17-10-13/h4-5,8-10,12,16,19H,3,6-7H2,1-2H3. The number of aliphatic hydroxyl groups is 1. The first-order valence-corrected chi connectivity index (χ1v) is 6.97. The molecule has 100 valence electrons. The lowest BCUT2D eigenvalue weighted by molar-refractivity contribution is 0.155. The summed E-state index contributed by atoms with van der Waals surface area (Å²) in [4.78, 5) is 4.21. The first-order valence-electron chi connectivity index (χ1n) is 6.97. The largest absolute Gasteiger partial charge is 0.388 e. The van der Waals surface area contributed by atoms with Gasteiger partial charge in [0.1, 0.15) is 0 Å². The zero-order valence-corrected chi connectivity index (χ0v) is 11.5. The molecule has 0 aromatic carbocycles. The number of rotatable bonds is 2. The van der Waals surface area contributed by atoms with Gasteiger partial charge in [-0.15, -0.1) is 0 Å². The highest BCUT2D eigenvalue weighted by molar-refractivity contribution is 5.34. The van der Waals surface area contributed by atoms with Gasteiger partial charge in [0.15, 0.2) is 0 Å². The van der Waals surface area contributed by atoms with Crippen LogP contribution >= 0.6 is 0 Å². The van der Waals surface area contributed by atoms with Crippen LogP contribution in [0.2, 0.25) is 0 Å². The second kappa shape index (κ2) is 4.82. The number of aryl methyl sites for hydroxylation is 1. The average Bonchev–Trinajstić information content (AvgIpc) is 2.77. The molecule has 19 heavy (non-hydrogen) atoms. The van der Waals surface area contributed by atoms with Gasteiger partial charge < -0.3 is 9.67 Å². The highest BCUT2D eigenvalue weighted by atomic mass is 16.3. The maximum Gasteiger partial charge on any atom is 0.0807 e. The van der Waals surface area contributed by atoms with Gasteiger partial charge in [0.05, 0.1) is 12.1 Å². The molecule has 0 radical (unpaired) electrons. The summed E-state index contributed by atoms with van der Waals surface area (Å²) >= 11 is 0. The molecule has 0 saturated heterocycles. The van der Waals surface area contributed by atoms with E-state index in [0.717, 1.165) is 24.8 Å². The van der Waals surface area contributed by atoms with Gasteiger partial charge in [-0.1, -0.05) is 6.07 Å². The molecule has 2 aromatic heterocycles. The minimum atomic E-state index is -0.287. The molecular weight excluding hydrogens is 236 g/mol. The average molecular weight is 256 g/mol. The van der Waals surface area contributed by atoms with Crippen LogP contribution < -0.4 is 0 Å². The molecule has 0 aliphatic heterocycles. The van der Waals surface area contributed by atoms with Crippen molar-refractivity contribution in [3.63, 3.8) is 0 Å². The van der Waals surface area contributed by atoms with Crippen molar-refractivity contribution >= 4 is 0 Å². The Morgan fingerprint density at radius 1 is 1.47 bits per heavy atom. The van der Waals surface area contributed by atoms with E-state index in [0.29, 0.717) is 0 Å². The maximum atomic E-state index is 10.1. The first kappa shape index (κ1) is 12.4. The van der Waals surface area contributed by atoms with Gasteiger partial charge in [-0.2, -0.15) is 0 Å². The van der Waals surface area contributed by atoms with E-state index in [2.05, 4.69) is 35.5 Å². The van der Waals surface area contributed by atoms with E-state index >= 15 is 0 Å². The number of hydrogen-bond donors (Lipinski definition) is 1. The van der Waals surface area contributed by atoms with Crippen molar-refractivity contribution in [2.45, 2.75) is 45.3 Å². The lowest BCUT2D eigenvalue weighted by Crippen LogP contribution is -2.16. The van der Waals surface area contributed by atoms with Crippen molar-refractivity contribution in [1.82, 2.24) is 9.55 Å². The molecule has 0 amide bonds. The van der Waals surface area contributed by atoms with Crippen molar-refractivity contribution in [2.24, 2.45) is 0 Å². The second-order valence-electron chi connectivity index (χ2n) is 5.43. The Kier molecular flexibility index (Phi) is 3.15. The molecule has 0 fully saturated rings. The number of aliphatic hydroxyl groups excluding tert-OH is 1. The molecule has 3 rings (SSSR count). The fourth-order valence-corrected chi connectivity index (χ4v) is 3.21. The van der Waals surface area contributed by atoms with Crippen LogP contribution in [0.25, 0.3) is 0 Å². The summed E-state index contributed by atoms with van der Waals surface area (Å²) in [5.41, 5.74) is 4.86. The third-order valence-electron chi connectivity index (χ3n) is 4.17. The third-order valence-corrected chi connectivity index (χ3v) is 4.17. The molecule has 3 nitrogen and oxygen atoms in total. The maximum absolute atomic E-state index is 10.1. The molecule has 2 atom stereocenters. The highest BCUT2D eigenvalue weighted by Crippen LogP contribution is 2.35. The van der Waals surface area contributed by atoms with Crippen LogP contribution in [0.15, 0.2) is 30.6 Å². The van der Waals surface area contributed by atoms with Crippen molar-refractivity contribution in [3.05, 3.63) is 53.1 Å². The van der Waals surface area contributed by atoms with Crippen molar-refractivity contribution in [2.75, 3.05) is 0 Å². The van der Waals surface area contributed by atoms with Gasteiger partial charge in [-0.25, -0.2) is 0 Å². The van der Waals surface area contributed by atoms with Crippen LogP contribution in [-0.4, -0.2) is 14.7 Å². The zero-order chi connectivity index (χ0) is 13.4. The topological polar surface area (TPSA) is 38.0 Å². The summed E-state index contributed by atoms with van der Waals surface area (Å²) in [6.07, 6.45) is 6.46. The molecule has 0 bridgehead atoms. The minimum Gasteiger partial charge on any atom is -0.388 e. The van der Waals surface area contributed by atoms with E-state index in [-0.39, 0.29) is 12.1 Å². The van der Waals surface area contributed by atoms with E-state index in [9.17, 15) is 5.11 Å². The Morgan fingerprint density at radius 3 is 3.05 bits per heavy atom. The lowest BCUT2D eigenvalue weighted by Gasteiger charge is -2.24. The number of hydrogen-bond acceptors (Lipinski definition) is 2. The summed E-state index contributed by atoms with van der Waals surface area (Å²) < 4.78 is 2.36.